The maximum atomic E-state index is 13.2. The lowest BCUT2D eigenvalue weighted by Crippen LogP contribution is -2.43. The topological polar surface area (TPSA) is 66.9 Å². The van der Waals surface area contributed by atoms with E-state index in [1.807, 2.05) is 43.3 Å². The van der Waals surface area contributed by atoms with E-state index in [0.717, 1.165) is 34.6 Å². The summed E-state index contributed by atoms with van der Waals surface area (Å²) < 4.78 is 5.15. The van der Waals surface area contributed by atoms with Crippen LogP contribution < -0.4 is 4.90 Å². The summed E-state index contributed by atoms with van der Waals surface area (Å²) >= 11 is 1.42. The Morgan fingerprint density at radius 2 is 2.00 bits per heavy atom. The third-order valence-electron chi connectivity index (χ3n) is 6.11. The molecular formula is C26H28N2O4S. The molecule has 0 unspecified atom stereocenters. The summed E-state index contributed by atoms with van der Waals surface area (Å²) in [4.78, 5) is 43.3. The molecule has 0 saturated carbocycles. The number of benzene rings is 2. The average molecular weight is 465 g/mol. The number of likely N-dealkylation sites (N-methyl/N-ethyl adjacent to an activating group) is 1. The van der Waals surface area contributed by atoms with Crippen molar-refractivity contribution in [3.05, 3.63) is 64.1 Å². The van der Waals surface area contributed by atoms with Gasteiger partial charge in [0.25, 0.3) is 11.8 Å². The van der Waals surface area contributed by atoms with Crippen LogP contribution in [0.15, 0.2) is 52.3 Å². The monoisotopic (exact) mass is 464 g/mol. The number of likely N-dealkylation sites (tertiary alicyclic amines) is 1. The second-order valence-corrected chi connectivity index (χ2v) is 9.44. The van der Waals surface area contributed by atoms with Crippen molar-refractivity contribution in [1.29, 1.82) is 0 Å². The molecule has 6 nitrogen and oxygen atoms in total. The standard InChI is InChI=1S/C26H28N2O4S/c1-4-32-26(31)20-10-7-13-28(16-20)24(29)19-11-12-22-21(14-19)27(3)25(30)23(33-22)15-18-9-6-5-8-17(18)2/h5-6,8-9,11-12,14-15,20H,4,7,10,13,16H2,1-3H3/b23-15-/t20-/m1/s1. The number of thioether (sulfide) groups is 1. The summed E-state index contributed by atoms with van der Waals surface area (Å²) in [5, 5.41) is 0. The number of hydrogen-bond acceptors (Lipinski definition) is 5. The van der Waals surface area contributed by atoms with Gasteiger partial charge in [-0.3, -0.25) is 14.4 Å². The Balaban J connectivity index is 1.55. The van der Waals surface area contributed by atoms with Gasteiger partial charge in [0, 0.05) is 30.6 Å². The molecule has 0 bridgehead atoms. The van der Waals surface area contributed by atoms with E-state index in [1.54, 1.807) is 35.9 Å². The van der Waals surface area contributed by atoms with Crippen molar-refractivity contribution in [2.75, 3.05) is 31.6 Å². The zero-order chi connectivity index (χ0) is 23.5. The molecule has 2 aliphatic heterocycles. The van der Waals surface area contributed by atoms with E-state index in [9.17, 15) is 14.4 Å². The Hall–Kier alpha value is -3.06. The molecule has 2 heterocycles. The molecule has 1 fully saturated rings. The summed E-state index contributed by atoms with van der Waals surface area (Å²) in [6.45, 7) is 5.12. The number of ether oxygens (including phenoxy) is 1. The Morgan fingerprint density at radius 1 is 1.21 bits per heavy atom. The van der Waals surface area contributed by atoms with Crippen molar-refractivity contribution in [2.24, 2.45) is 5.92 Å². The quantitative estimate of drug-likeness (QED) is 0.492. The SMILES string of the molecule is CCOC(=O)[C@@H]1CCCN(C(=O)c2ccc3c(c2)N(C)C(=O)/C(=C/c2ccccc2C)S3)C1. The summed E-state index contributed by atoms with van der Waals surface area (Å²) in [6.07, 6.45) is 3.42. The first kappa shape index (κ1) is 23.1. The first-order valence-corrected chi connectivity index (χ1v) is 12.0. The number of anilines is 1. The van der Waals surface area contributed by atoms with Crippen molar-refractivity contribution in [1.82, 2.24) is 4.90 Å². The van der Waals surface area contributed by atoms with Crippen LogP contribution in [0.2, 0.25) is 0 Å². The van der Waals surface area contributed by atoms with E-state index in [1.165, 1.54) is 11.8 Å². The number of nitrogens with zero attached hydrogens (tertiary/aromatic N) is 2. The number of aryl methyl sites for hydroxylation is 1. The van der Waals surface area contributed by atoms with Crippen molar-refractivity contribution in [2.45, 2.75) is 31.6 Å². The van der Waals surface area contributed by atoms with E-state index >= 15 is 0 Å². The van der Waals surface area contributed by atoms with Crippen LogP contribution in [-0.2, 0) is 14.3 Å². The van der Waals surface area contributed by atoms with Crippen LogP contribution in [0.5, 0.6) is 0 Å². The predicted molar refractivity (Wildman–Crippen MR) is 130 cm³/mol. The maximum absolute atomic E-state index is 13.2. The van der Waals surface area contributed by atoms with Crippen LogP contribution in [0.4, 0.5) is 5.69 Å². The molecule has 4 rings (SSSR count). The van der Waals surface area contributed by atoms with Gasteiger partial charge in [-0.05, 0) is 62.1 Å². The van der Waals surface area contributed by atoms with E-state index in [4.69, 9.17) is 4.74 Å². The third-order valence-corrected chi connectivity index (χ3v) is 7.18. The van der Waals surface area contributed by atoms with Crippen LogP contribution >= 0.6 is 11.8 Å². The van der Waals surface area contributed by atoms with Crippen LogP contribution in [0.3, 0.4) is 0 Å². The van der Waals surface area contributed by atoms with Crippen molar-refractivity contribution >= 4 is 41.3 Å². The van der Waals surface area contributed by atoms with Gasteiger partial charge in [-0.1, -0.05) is 36.0 Å². The fourth-order valence-electron chi connectivity index (χ4n) is 4.21. The summed E-state index contributed by atoms with van der Waals surface area (Å²) in [6, 6.07) is 13.4. The molecule has 0 N–H and O–H groups in total. The molecule has 0 radical (unpaired) electrons. The Morgan fingerprint density at radius 3 is 2.76 bits per heavy atom. The van der Waals surface area contributed by atoms with Gasteiger partial charge >= 0.3 is 5.97 Å². The molecule has 2 aliphatic rings. The number of carbonyl (C=O) groups is 3. The molecule has 2 amide bonds. The van der Waals surface area contributed by atoms with E-state index < -0.39 is 0 Å². The minimum Gasteiger partial charge on any atom is -0.466 e. The number of fused-ring (bicyclic) bond motifs is 1. The van der Waals surface area contributed by atoms with Crippen molar-refractivity contribution in [3.63, 3.8) is 0 Å². The molecule has 172 valence electrons. The maximum Gasteiger partial charge on any atom is 0.310 e. The van der Waals surface area contributed by atoms with E-state index in [2.05, 4.69) is 0 Å². The average Bonchev–Trinajstić information content (AvgIpc) is 2.83. The summed E-state index contributed by atoms with van der Waals surface area (Å²) in [5.74, 6) is -0.746. The van der Waals surface area contributed by atoms with Crippen molar-refractivity contribution in [3.8, 4) is 0 Å². The fraction of sp³-hybridized carbons (Fsp3) is 0.346. The second-order valence-electron chi connectivity index (χ2n) is 8.36. The number of hydrogen-bond donors (Lipinski definition) is 0. The van der Waals surface area contributed by atoms with Crippen molar-refractivity contribution < 1.29 is 19.1 Å². The first-order valence-electron chi connectivity index (χ1n) is 11.2. The molecule has 2 aromatic rings. The molecule has 2 aromatic carbocycles. The van der Waals surface area contributed by atoms with Gasteiger partial charge < -0.3 is 14.5 Å². The minimum absolute atomic E-state index is 0.0966. The van der Waals surface area contributed by atoms with Gasteiger partial charge in [-0.2, -0.15) is 0 Å². The zero-order valence-corrected chi connectivity index (χ0v) is 20.0. The predicted octanol–water partition coefficient (Wildman–Crippen LogP) is 4.52. The van der Waals surface area contributed by atoms with Crippen LogP contribution in [0.1, 0.15) is 41.3 Å². The normalized spacial score (nSPS) is 19.4. The van der Waals surface area contributed by atoms with Gasteiger partial charge in [0.1, 0.15) is 0 Å². The largest absolute Gasteiger partial charge is 0.466 e. The molecule has 7 heteroatoms. The van der Waals surface area contributed by atoms with E-state index in [-0.39, 0.29) is 23.7 Å². The number of esters is 1. The lowest BCUT2D eigenvalue weighted by molar-refractivity contribution is -0.149. The highest BCUT2D eigenvalue weighted by Crippen LogP contribution is 2.42. The fourth-order valence-corrected chi connectivity index (χ4v) is 5.30. The number of amides is 2. The highest BCUT2D eigenvalue weighted by Gasteiger charge is 2.31. The van der Waals surface area contributed by atoms with Gasteiger partial charge in [0.15, 0.2) is 0 Å². The van der Waals surface area contributed by atoms with Gasteiger partial charge in [0.05, 0.1) is 23.1 Å². The van der Waals surface area contributed by atoms with E-state index in [0.29, 0.717) is 30.2 Å². The van der Waals surface area contributed by atoms with Crippen LogP contribution in [0.25, 0.3) is 6.08 Å². The first-order chi connectivity index (χ1) is 15.9. The second kappa shape index (κ2) is 9.83. The Labute approximate surface area is 198 Å². The third kappa shape index (κ3) is 4.83. The molecule has 0 spiro atoms. The summed E-state index contributed by atoms with van der Waals surface area (Å²) in [5.41, 5.74) is 3.36. The number of carbonyl (C=O) groups excluding carboxylic acids is 3. The lowest BCUT2D eigenvalue weighted by Gasteiger charge is -2.32. The molecule has 33 heavy (non-hydrogen) atoms. The van der Waals surface area contributed by atoms with Gasteiger partial charge in [-0.25, -0.2) is 0 Å². The number of piperidine rings is 1. The zero-order valence-electron chi connectivity index (χ0n) is 19.2. The highest BCUT2D eigenvalue weighted by atomic mass is 32.2. The molecular weight excluding hydrogens is 436 g/mol. The van der Waals surface area contributed by atoms with Crippen LogP contribution in [-0.4, -0.2) is 49.4 Å². The Bertz CT molecular complexity index is 1130. The van der Waals surface area contributed by atoms with Gasteiger partial charge in [0.2, 0.25) is 0 Å². The summed E-state index contributed by atoms with van der Waals surface area (Å²) in [7, 11) is 1.73. The minimum atomic E-state index is -0.283. The Kier molecular flexibility index (Phi) is 6.88. The highest BCUT2D eigenvalue weighted by molar-refractivity contribution is 8.04. The van der Waals surface area contributed by atoms with Crippen LogP contribution in [0, 0.1) is 12.8 Å². The molecule has 1 atom stereocenters. The molecule has 0 aromatic heterocycles. The van der Waals surface area contributed by atoms with Gasteiger partial charge in [-0.15, -0.1) is 0 Å². The lowest BCUT2D eigenvalue weighted by atomic mass is 9.97. The molecule has 0 aliphatic carbocycles. The molecule has 1 saturated heterocycles. The smallest absolute Gasteiger partial charge is 0.310 e. The number of rotatable bonds is 4.